The van der Waals surface area contributed by atoms with Gasteiger partial charge in [0.05, 0.1) is 0 Å². The van der Waals surface area contributed by atoms with Crippen LogP contribution in [0.3, 0.4) is 0 Å². The summed E-state index contributed by atoms with van der Waals surface area (Å²) in [6.07, 6.45) is 0. The van der Waals surface area contributed by atoms with Crippen LogP contribution in [-0.4, -0.2) is 184 Å². The van der Waals surface area contributed by atoms with Gasteiger partial charge in [-0.2, -0.15) is 0 Å². The molecule has 0 radical (unpaired) electrons. The minimum absolute atomic E-state index is 0. The zero-order valence-electron chi connectivity index (χ0n) is 6.70. The molecule has 0 aromatic carbocycles. The Balaban J connectivity index is 0. The van der Waals surface area contributed by atoms with E-state index in [0.717, 1.165) is 0 Å². The Morgan fingerprint density at radius 3 is 0.308 bits per heavy atom. The summed E-state index contributed by atoms with van der Waals surface area (Å²) < 4.78 is 0. The molecule has 0 spiro atoms. The first kappa shape index (κ1) is 182. The molecular weight excluding hydrogens is 536 g/mol. The molecule has 0 unspecified atom stereocenters. The van der Waals surface area contributed by atoms with Gasteiger partial charge >= 0.3 is 140 Å². The fourth-order valence-electron chi connectivity index (χ4n) is 0. The third-order valence-electron chi connectivity index (χ3n) is 0. The molecule has 0 fully saturated rings. The molecule has 0 aliphatic rings. The summed E-state index contributed by atoms with van der Waals surface area (Å²) in [4.78, 5) is 0. The Bertz CT molecular complexity index is 20.1. The molecule has 0 aromatic heterocycles. The van der Waals surface area contributed by atoms with E-state index >= 15 is 0 Å². The van der Waals surface area contributed by atoms with E-state index in [-0.39, 0.29) is 227 Å². The van der Waals surface area contributed by atoms with E-state index in [0.29, 0.717) is 0 Å². The summed E-state index contributed by atoms with van der Waals surface area (Å²) in [5.74, 6) is 0. The van der Waals surface area contributed by atoms with Gasteiger partial charge in [0.2, 0.25) is 0 Å². The van der Waals surface area contributed by atoms with E-state index in [2.05, 4.69) is 0 Å². The monoisotopic (exact) mass is 546 g/mol. The van der Waals surface area contributed by atoms with Crippen molar-refractivity contribution in [3.63, 3.8) is 0 Å². The standard InChI is InChI=1S/Ba.8H2O.2Sr.2Ti/h;8*1H2;;;;/q+2;;;;;;;;;2*+2;;/p-8. The fraction of sp³-hybridized carbons (Fsp3) is 0. The van der Waals surface area contributed by atoms with E-state index < -0.39 is 0 Å². The van der Waals surface area contributed by atoms with Gasteiger partial charge in [0.15, 0.2) is 0 Å². The molecule has 0 aliphatic heterocycles. The Morgan fingerprint density at radius 1 is 0.308 bits per heavy atom. The third kappa shape index (κ3) is 136. The quantitative estimate of drug-likeness (QED) is 0.293. The van der Waals surface area contributed by atoms with Gasteiger partial charge in [-0.15, -0.1) is 0 Å². The molecule has 0 aromatic rings. The third-order valence-corrected chi connectivity index (χ3v) is 0. The minimum Gasteiger partial charge on any atom is -0.870 e. The van der Waals surface area contributed by atoms with Crippen molar-refractivity contribution in [1.29, 1.82) is 0 Å². The van der Waals surface area contributed by atoms with Crippen LogP contribution in [0, 0.1) is 0 Å². The molecule has 8 N–H and O–H groups in total. The van der Waals surface area contributed by atoms with Crippen molar-refractivity contribution in [2.24, 2.45) is 0 Å². The first-order chi connectivity index (χ1) is 0. The Kier molecular flexibility index (Phi) is 2150. The summed E-state index contributed by atoms with van der Waals surface area (Å²) in [5, 5.41) is 0. The van der Waals surface area contributed by atoms with Crippen LogP contribution in [0.5, 0.6) is 0 Å². The summed E-state index contributed by atoms with van der Waals surface area (Å²) in [6.45, 7) is 0. The fourth-order valence-corrected chi connectivity index (χ4v) is 0. The predicted octanol–water partition coefficient (Wildman–Crippen LogP) is -2.56. The van der Waals surface area contributed by atoms with Crippen LogP contribution in [0.4, 0.5) is 0 Å². The SMILES string of the molecule is [Ba+2].[OH-].[OH-].[OH-].[OH-].[OH-].[OH-].[OH-].[OH-].[Sr+2].[Sr+2].[Ti].[Ti]. The van der Waals surface area contributed by atoms with Crippen LogP contribution < -0.4 is 0 Å². The van der Waals surface area contributed by atoms with Crippen LogP contribution in [0.2, 0.25) is 0 Å². The van der Waals surface area contributed by atoms with Crippen molar-refractivity contribution >= 4 is 140 Å². The number of hydrogen-bond acceptors (Lipinski definition) is 8. The Morgan fingerprint density at radius 2 is 0.308 bits per heavy atom. The van der Waals surface area contributed by atoms with Gasteiger partial charge < -0.3 is 43.8 Å². The molecule has 72 valence electrons. The molecule has 13 heteroatoms. The molecule has 0 aliphatic carbocycles. The summed E-state index contributed by atoms with van der Waals surface area (Å²) in [7, 11) is 0. The van der Waals surface area contributed by atoms with E-state index in [4.69, 9.17) is 0 Å². The van der Waals surface area contributed by atoms with E-state index in [9.17, 15) is 0 Å². The maximum Gasteiger partial charge on any atom is 2.00 e. The molecule has 0 heterocycles. The number of rotatable bonds is 0. The Labute approximate surface area is 221 Å². The van der Waals surface area contributed by atoms with Crippen LogP contribution >= 0.6 is 0 Å². The predicted molar refractivity (Wildman–Crippen MR) is 32.7 cm³/mol. The molecule has 13 heavy (non-hydrogen) atoms. The molecule has 0 amide bonds. The van der Waals surface area contributed by atoms with Gasteiger partial charge in [-0.3, -0.25) is 0 Å². The van der Waals surface area contributed by atoms with E-state index in [1.807, 2.05) is 0 Å². The molecule has 8 nitrogen and oxygen atoms in total. The van der Waals surface area contributed by atoms with E-state index in [1.165, 1.54) is 0 Å². The summed E-state index contributed by atoms with van der Waals surface area (Å²) in [5.41, 5.74) is 0. The van der Waals surface area contributed by atoms with Crippen molar-refractivity contribution < 1.29 is 87.2 Å². The average molecular weight is 544 g/mol. The topological polar surface area (TPSA) is 240 Å². The zero-order chi connectivity index (χ0) is 0. The smallest absolute Gasteiger partial charge is 0.870 e. The largest absolute Gasteiger partial charge is 2.00 e. The Hall–Kier alpha value is 5.64. The molecule has 0 atom stereocenters. The second-order valence-corrected chi connectivity index (χ2v) is 0. The van der Waals surface area contributed by atoms with Crippen LogP contribution in [0.15, 0.2) is 0 Å². The molecule has 0 bridgehead atoms. The van der Waals surface area contributed by atoms with Gasteiger partial charge in [0.1, 0.15) is 0 Å². The van der Waals surface area contributed by atoms with Gasteiger partial charge in [0, 0.05) is 43.4 Å². The zero-order valence-corrected chi connectivity index (χ0v) is 21.2. The minimum atomic E-state index is 0. The molecule has 0 rings (SSSR count). The van der Waals surface area contributed by atoms with Crippen molar-refractivity contribution in [1.82, 2.24) is 0 Å². The van der Waals surface area contributed by atoms with Crippen molar-refractivity contribution in [2.75, 3.05) is 0 Å². The van der Waals surface area contributed by atoms with Gasteiger partial charge in [-0.25, -0.2) is 0 Å². The first-order valence-corrected chi connectivity index (χ1v) is 0. The maximum absolute atomic E-state index is 0. The van der Waals surface area contributed by atoms with Crippen LogP contribution in [-0.2, 0) is 43.4 Å². The second kappa shape index (κ2) is 154. The maximum atomic E-state index is 0. The molecular formula is H8BaO8Sr2Ti2-2. The van der Waals surface area contributed by atoms with Crippen molar-refractivity contribution in [3.05, 3.63) is 0 Å². The molecule has 0 saturated heterocycles. The van der Waals surface area contributed by atoms with Crippen LogP contribution in [0.1, 0.15) is 0 Å². The number of hydrogen-bond donors (Lipinski definition) is 0. The van der Waals surface area contributed by atoms with Gasteiger partial charge in [-0.05, 0) is 0 Å². The first-order valence-electron chi connectivity index (χ1n) is 0. The second-order valence-electron chi connectivity index (χ2n) is 0. The average Bonchev–Trinajstić information content (AvgIpc) is 0. The van der Waals surface area contributed by atoms with Crippen LogP contribution in [0.25, 0.3) is 0 Å². The molecule has 0 saturated carbocycles. The van der Waals surface area contributed by atoms with Crippen molar-refractivity contribution in [2.45, 2.75) is 0 Å². The normalized spacial score (nSPS) is 0. The summed E-state index contributed by atoms with van der Waals surface area (Å²) in [6, 6.07) is 0. The van der Waals surface area contributed by atoms with Gasteiger partial charge in [0.25, 0.3) is 0 Å². The van der Waals surface area contributed by atoms with Crippen molar-refractivity contribution in [3.8, 4) is 0 Å². The summed E-state index contributed by atoms with van der Waals surface area (Å²) >= 11 is 0. The van der Waals surface area contributed by atoms with E-state index in [1.54, 1.807) is 0 Å². The van der Waals surface area contributed by atoms with Gasteiger partial charge in [-0.1, -0.05) is 0 Å².